The lowest BCUT2D eigenvalue weighted by atomic mass is 10.0. The Labute approximate surface area is 128 Å². The summed E-state index contributed by atoms with van der Waals surface area (Å²) >= 11 is 3.39. The first kappa shape index (κ1) is 15.2. The van der Waals surface area contributed by atoms with Crippen LogP contribution in [0.2, 0.25) is 0 Å². The van der Waals surface area contributed by atoms with Crippen molar-refractivity contribution in [2.45, 2.75) is 32.4 Å². The summed E-state index contributed by atoms with van der Waals surface area (Å²) in [6, 6.07) is 15.6. The third-order valence-corrected chi connectivity index (χ3v) is 3.84. The van der Waals surface area contributed by atoms with Crippen LogP contribution in [0.25, 0.3) is 0 Å². The molecule has 0 radical (unpaired) electrons. The van der Waals surface area contributed by atoms with Crippen molar-refractivity contribution in [1.29, 1.82) is 0 Å². The van der Waals surface area contributed by atoms with Crippen molar-refractivity contribution in [3.8, 4) is 0 Å². The number of hydrogen-bond acceptors (Lipinski definition) is 1. The van der Waals surface area contributed by atoms with Crippen LogP contribution in [0.1, 0.15) is 31.0 Å². The second-order valence-electron chi connectivity index (χ2n) is 5.14. The molecule has 2 aromatic rings. The molecule has 2 unspecified atom stereocenters. The smallest absolute Gasteiger partial charge is 0.128 e. The molecule has 0 amide bonds. The van der Waals surface area contributed by atoms with Gasteiger partial charge in [0.1, 0.15) is 5.82 Å². The van der Waals surface area contributed by atoms with Gasteiger partial charge in [0.25, 0.3) is 0 Å². The maximum absolute atomic E-state index is 13.8. The normalized spacial score (nSPS) is 14.0. The van der Waals surface area contributed by atoms with E-state index in [1.807, 2.05) is 31.2 Å². The molecule has 2 atom stereocenters. The highest BCUT2D eigenvalue weighted by atomic mass is 79.9. The minimum atomic E-state index is -0.167. The van der Waals surface area contributed by atoms with Crippen LogP contribution in [0.15, 0.2) is 53.0 Å². The molecule has 0 aliphatic heterocycles. The number of rotatable bonds is 5. The maximum Gasteiger partial charge on any atom is 0.128 e. The summed E-state index contributed by atoms with van der Waals surface area (Å²) in [5.74, 6) is -0.167. The first-order valence-electron chi connectivity index (χ1n) is 6.81. The quantitative estimate of drug-likeness (QED) is 0.821. The standard InChI is InChI=1S/C17H19BrFN/c1-12(10-14-6-4-3-5-7-14)20-13(2)16-11-15(18)8-9-17(16)19/h3-9,11-13,20H,10H2,1-2H3. The van der Waals surface area contributed by atoms with Gasteiger partial charge in [0.15, 0.2) is 0 Å². The van der Waals surface area contributed by atoms with Crippen LogP contribution in [0, 0.1) is 5.82 Å². The Morgan fingerprint density at radius 2 is 1.80 bits per heavy atom. The van der Waals surface area contributed by atoms with E-state index in [0.717, 1.165) is 10.9 Å². The lowest BCUT2D eigenvalue weighted by molar-refractivity contribution is 0.460. The molecule has 1 nitrogen and oxygen atoms in total. The Morgan fingerprint density at radius 1 is 1.10 bits per heavy atom. The van der Waals surface area contributed by atoms with Gasteiger partial charge in [-0.15, -0.1) is 0 Å². The highest BCUT2D eigenvalue weighted by Gasteiger charge is 2.14. The molecule has 0 fully saturated rings. The van der Waals surface area contributed by atoms with E-state index >= 15 is 0 Å². The third kappa shape index (κ3) is 4.15. The topological polar surface area (TPSA) is 12.0 Å². The minimum Gasteiger partial charge on any atom is -0.307 e. The molecule has 0 aromatic heterocycles. The van der Waals surface area contributed by atoms with Gasteiger partial charge in [0, 0.05) is 22.1 Å². The highest BCUT2D eigenvalue weighted by molar-refractivity contribution is 9.10. The van der Waals surface area contributed by atoms with E-state index in [0.29, 0.717) is 5.56 Å². The number of hydrogen-bond donors (Lipinski definition) is 1. The number of halogens is 2. The van der Waals surface area contributed by atoms with Crippen molar-refractivity contribution in [3.63, 3.8) is 0 Å². The van der Waals surface area contributed by atoms with Crippen molar-refractivity contribution in [2.75, 3.05) is 0 Å². The summed E-state index contributed by atoms with van der Waals surface area (Å²) in [7, 11) is 0. The van der Waals surface area contributed by atoms with E-state index in [-0.39, 0.29) is 17.9 Å². The van der Waals surface area contributed by atoms with Crippen molar-refractivity contribution in [3.05, 3.63) is 69.9 Å². The fourth-order valence-electron chi connectivity index (χ4n) is 2.39. The summed E-state index contributed by atoms with van der Waals surface area (Å²) in [5, 5.41) is 3.45. The summed E-state index contributed by atoms with van der Waals surface area (Å²) in [6.07, 6.45) is 0.931. The van der Waals surface area contributed by atoms with Crippen LogP contribution in [0.3, 0.4) is 0 Å². The van der Waals surface area contributed by atoms with E-state index in [1.165, 1.54) is 11.6 Å². The highest BCUT2D eigenvalue weighted by Crippen LogP contribution is 2.22. The average molecular weight is 336 g/mol. The molecule has 0 aliphatic rings. The molecule has 106 valence electrons. The van der Waals surface area contributed by atoms with Crippen LogP contribution in [0.4, 0.5) is 4.39 Å². The van der Waals surface area contributed by atoms with Gasteiger partial charge in [-0.25, -0.2) is 4.39 Å². The lowest BCUT2D eigenvalue weighted by Crippen LogP contribution is -2.31. The van der Waals surface area contributed by atoms with Crippen LogP contribution in [0.5, 0.6) is 0 Å². The SMILES string of the molecule is CC(Cc1ccccc1)NC(C)c1cc(Br)ccc1F. The molecule has 1 N–H and O–H groups in total. The number of nitrogens with one attached hydrogen (secondary N) is 1. The van der Waals surface area contributed by atoms with Crippen molar-refractivity contribution < 1.29 is 4.39 Å². The van der Waals surface area contributed by atoms with Gasteiger partial charge in [-0.1, -0.05) is 46.3 Å². The minimum absolute atomic E-state index is 0.0220. The van der Waals surface area contributed by atoms with Crippen LogP contribution in [-0.2, 0) is 6.42 Å². The van der Waals surface area contributed by atoms with Gasteiger partial charge in [-0.05, 0) is 44.0 Å². The molecule has 0 aliphatic carbocycles. The molecule has 0 saturated heterocycles. The van der Waals surface area contributed by atoms with Gasteiger partial charge in [-0.2, -0.15) is 0 Å². The Bertz CT molecular complexity index is 556. The first-order valence-corrected chi connectivity index (χ1v) is 7.60. The van der Waals surface area contributed by atoms with Gasteiger partial charge in [0.05, 0.1) is 0 Å². The lowest BCUT2D eigenvalue weighted by Gasteiger charge is -2.21. The number of benzene rings is 2. The first-order chi connectivity index (χ1) is 9.56. The van der Waals surface area contributed by atoms with Crippen LogP contribution in [-0.4, -0.2) is 6.04 Å². The van der Waals surface area contributed by atoms with Crippen molar-refractivity contribution in [2.24, 2.45) is 0 Å². The zero-order valence-electron chi connectivity index (χ0n) is 11.7. The molecule has 2 rings (SSSR count). The predicted molar refractivity (Wildman–Crippen MR) is 85.3 cm³/mol. The summed E-state index contributed by atoms with van der Waals surface area (Å²) < 4.78 is 14.7. The predicted octanol–water partition coefficient (Wildman–Crippen LogP) is 4.87. The molecule has 0 spiro atoms. The second kappa shape index (κ2) is 7.00. The largest absolute Gasteiger partial charge is 0.307 e. The van der Waals surface area contributed by atoms with Gasteiger partial charge < -0.3 is 5.32 Å². The fourth-order valence-corrected chi connectivity index (χ4v) is 2.77. The summed E-state index contributed by atoms with van der Waals surface area (Å²) in [5.41, 5.74) is 1.98. The van der Waals surface area contributed by atoms with E-state index < -0.39 is 0 Å². The zero-order valence-corrected chi connectivity index (χ0v) is 13.3. The van der Waals surface area contributed by atoms with Crippen LogP contribution < -0.4 is 5.32 Å². The van der Waals surface area contributed by atoms with Crippen molar-refractivity contribution >= 4 is 15.9 Å². The van der Waals surface area contributed by atoms with E-state index in [2.05, 4.69) is 40.3 Å². The molecular formula is C17H19BrFN. The Hall–Kier alpha value is -1.19. The second-order valence-corrected chi connectivity index (χ2v) is 6.06. The third-order valence-electron chi connectivity index (χ3n) is 3.34. The van der Waals surface area contributed by atoms with E-state index in [1.54, 1.807) is 6.07 Å². The maximum atomic E-state index is 13.8. The van der Waals surface area contributed by atoms with Gasteiger partial charge in [-0.3, -0.25) is 0 Å². The Balaban J connectivity index is 2.00. The fraction of sp³-hybridized carbons (Fsp3) is 0.294. The molecular weight excluding hydrogens is 317 g/mol. The molecule has 0 saturated carbocycles. The Kier molecular flexibility index (Phi) is 5.32. The van der Waals surface area contributed by atoms with Gasteiger partial charge in [0.2, 0.25) is 0 Å². The van der Waals surface area contributed by atoms with Gasteiger partial charge >= 0.3 is 0 Å². The summed E-state index contributed by atoms with van der Waals surface area (Å²) in [6.45, 7) is 4.12. The summed E-state index contributed by atoms with van der Waals surface area (Å²) in [4.78, 5) is 0. The average Bonchev–Trinajstić information content (AvgIpc) is 2.42. The Morgan fingerprint density at radius 3 is 2.50 bits per heavy atom. The molecule has 20 heavy (non-hydrogen) atoms. The molecule has 3 heteroatoms. The monoisotopic (exact) mass is 335 g/mol. The van der Waals surface area contributed by atoms with Crippen molar-refractivity contribution in [1.82, 2.24) is 5.32 Å². The van der Waals surface area contributed by atoms with E-state index in [9.17, 15) is 4.39 Å². The zero-order chi connectivity index (χ0) is 14.5. The van der Waals surface area contributed by atoms with E-state index in [4.69, 9.17) is 0 Å². The van der Waals surface area contributed by atoms with Crippen LogP contribution >= 0.6 is 15.9 Å². The molecule has 2 aromatic carbocycles. The molecule has 0 heterocycles. The molecule has 0 bridgehead atoms.